The van der Waals surface area contributed by atoms with Crippen molar-refractivity contribution in [3.63, 3.8) is 0 Å². The number of anilines is 1. The lowest BCUT2D eigenvalue weighted by molar-refractivity contribution is 0.159. The van der Waals surface area contributed by atoms with Gasteiger partial charge in [-0.3, -0.25) is 5.32 Å². The van der Waals surface area contributed by atoms with Crippen molar-refractivity contribution < 1.29 is 9.53 Å². The third-order valence-corrected chi connectivity index (χ3v) is 1.44. The summed E-state index contributed by atoms with van der Waals surface area (Å²) in [5.74, 6) is 0.196. The van der Waals surface area contributed by atoms with Crippen molar-refractivity contribution >= 4 is 12.0 Å². The van der Waals surface area contributed by atoms with Crippen LogP contribution >= 0.6 is 0 Å². The van der Waals surface area contributed by atoms with Gasteiger partial charge >= 0.3 is 6.09 Å². The highest BCUT2D eigenvalue weighted by Crippen LogP contribution is 1.95. The quantitative estimate of drug-likeness (QED) is 0.732. The number of hydrogen-bond donors (Lipinski definition) is 1. The predicted octanol–water partition coefficient (Wildman–Crippen LogP) is 1.22. The van der Waals surface area contributed by atoms with Crippen LogP contribution < -0.4 is 5.32 Å². The molecule has 0 spiro atoms. The van der Waals surface area contributed by atoms with Crippen molar-refractivity contribution in [3.8, 4) is 0 Å². The first-order valence-electron chi connectivity index (χ1n) is 4.38. The molecule has 1 amide bonds. The number of nitrogens with one attached hydrogen (secondary N) is 1. The molecule has 1 rings (SSSR count). The number of ether oxygens (including phenoxy) is 1. The number of carbonyl (C=O) groups excluding carboxylic acids is 1. The summed E-state index contributed by atoms with van der Waals surface area (Å²) in [7, 11) is 0. The number of rotatable bonds is 4. The topological polar surface area (TPSA) is 77.0 Å². The SMILES string of the molecule is CCCCOC(=O)Nc1ncncn1. The first kappa shape index (κ1) is 10.4. The minimum absolute atomic E-state index is 0.196. The van der Waals surface area contributed by atoms with Crippen molar-refractivity contribution in [2.45, 2.75) is 19.8 Å². The van der Waals surface area contributed by atoms with Crippen LogP contribution in [-0.4, -0.2) is 27.7 Å². The lowest BCUT2D eigenvalue weighted by Gasteiger charge is -2.03. The summed E-state index contributed by atoms with van der Waals surface area (Å²) < 4.78 is 4.84. The number of unbranched alkanes of at least 4 members (excludes halogenated alkanes) is 1. The summed E-state index contributed by atoms with van der Waals surface area (Å²) in [5.41, 5.74) is 0. The molecule has 0 bridgehead atoms. The van der Waals surface area contributed by atoms with E-state index in [1.54, 1.807) is 0 Å². The number of carbonyl (C=O) groups is 1. The van der Waals surface area contributed by atoms with Crippen molar-refractivity contribution in [2.75, 3.05) is 11.9 Å². The number of hydrogen-bond acceptors (Lipinski definition) is 5. The zero-order valence-electron chi connectivity index (χ0n) is 7.93. The Hall–Kier alpha value is -1.72. The van der Waals surface area contributed by atoms with Gasteiger partial charge in [-0.15, -0.1) is 0 Å². The standard InChI is InChI=1S/C8H12N4O2/c1-2-3-4-14-8(13)12-7-10-5-9-6-11-7/h5-6H,2-4H2,1H3,(H,9,10,11,12,13). The Morgan fingerprint density at radius 2 is 2.21 bits per heavy atom. The zero-order valence-corrected chi connectivity index (χ0v) is 7.93. The Morgan fingerprint density at radius 3 is 2.86 bits per heavy atom. The lowest BCUT2D eigenvalue weighted by Crippen LogP contribution is -2.16. The Bertz CT molecular complexity index is 278. The molecule has 76 valence electrons. The van der Waals surface area contributed by atoms with Crippen LogP contribution in [0.1, 0.15) is 19.8 Å². The molecule has 0 aliphatic carbocycles. The van der Waals surface area contributed by atoms with Crippen LogP contribution in [0.4, 0.5) is 10.7 Å². The molecule has 0 radical (unpaired) electrons. The average molecular weight is 196 g/mol. The molecule has 14 heavy (non-hydrogen) atoms. The first-order valence-corrected chi connectivity index (χ1v) is 4.38. The molecule has 0 saturated heterocycles. The molecule has 0 aliphatic rings. The van der Waals surface area contributed by atoms with Gasteiger partial charge in [0.05, 0.1) is 6.61 Å². The van der Waals surface area contributed by atoms with Gasteiger partial charge in [-0.2, -0.15) is 0 Å². The highest BCUT2D eigenvalue weighted by Gasteiger charge is 2.03. The Labute approximate surface area is 81.7 Å². The number of aromatic nitrogens is 3. The van der Waals surface area contributed by atoms with Gasteiger partial charge in [0.15, 0.2) is 0 Å². The third-order valence-electron chi connectivity index (χ3n) is 1.44. The van der Waals surface area contributed by atoms with Gasteiger partial charge < -0.3 is 4.74 Å². The molecular weight excluding hydrogens is 184 g/mol. The molecule has 0 unspecified atom stereocenters. The summed E-state index contributed by atoms with van der Waals surface area (Å²) in [6.07, 6.45) is 3.90. The maximum atomic E-state index is 11.1. The fraction of sp³-hybridized carbons (Fsp3) is 0.500. The number of nitrogens with zero attached hydrogens (tertiary/aromatic N) is 3. The fourth-order valence-corrected chi connectivity index (χ4v) is 0.740. The maximum absolute atomic E-state index is 11.1. The smallest absolute Gasteiger partial charge is 0.414 e. The molecule has 0 aliphatic heterocycles. The van der Waals surface area contributed by atoms with Gasteiger partial charge in [-0.25, -0.2) is 19.7 Å². The second kappa shape index (κ2) is 5.85. The van der Waals surface area contributed by atoms with E-state index >= 15 is 0 Å². The van der Waals surface area contributed by atoms with E-state index in [1.165, 1.54) is 12.7 Å². The van der Waals surface area contributed by atoms with Gasteiger partial charge in [-0.05, 0) is 6.42 Å². The molecule has 1 N–H and O–H groups in total. The molecular formula is C8H12N4O2. The van der Waals surface area contributed by atoms with Crippen molar-refractivity contribution in [2.24, 2.45) is 0 Å². The Morgan fingerprint density at radius 1 is 1.50 bits per heavy atom. The first-order chi connectivity index (χ1) is 6.83. The molecule has 0 aromatic carbocycles. The predicted molar refractivity (Wildman–Crippen MR) is 49.7 cm³/mol. The largest absolute Gasteiger partial charge is 0.449 e. The van der Waals surface area contributed by atoms with Crippen LogP contribution in [0.3, 0.4) is 0 Å². The van der Waals surface area contributed by atoms with Gasteiger partial charge in [0, 0.05) is 0 Å². The van der Waals surface area contributed by atoms with Gasteiger partial charge in [0.25, 0.3) is 0 Å². The van der Waals surface area contributed by atoms with Gasteiger partial charge in [0.2, 0.25) is 5.95 Å². The second-order valence-electron chi connectivity index (χ2n) is 2.58. The Kier molecular flexibility index (Phi) is 4.33. The van der Waals surface area contributed by atoms with Crippen LogP contribution in [0.15, 0.2) is 12.7 Å². The summed E-state index contributed by atoms with van der Waals surface area (Å²) in [4.78, 5) is 22.1. The van der Waals surface area contributed by atoms with E-state index in [-0.39, 0.29) is 5.95 Å². The summed E-state index contributed by atoms with van der Waals surface area (Å²) in [5, 5.41) is 2.38. The highest BCUT2D eigenvalue weighted by atomic mass is 16.5. The van der Waals surface area contributed by atoms with E-state index in [0.29, 0.717) is 6.61 Å². The summed E-state index contributed by atoms with van der Waals surface area (Å²) in [6, 6.07) is 0. The summed E-state index contributed by atoms with van der Waals surface area (Å²) >= 11 is 0. The normalized spacial score (nSPS) is 9.50. The van der Waals surface area contributed by atoms with Gasteiger partial charge in [0.1, 0.15) is 12.7 Å². The van der Waals surface area contributed by atoms with E-state index in [4.69, 9.17) is 4.74 Å². The third kappa shape index (κ3) is 3.79. The highest BCUT2D eigenvalue weighted by molar-refractivity contribution is 5.81. The zero-order chi connectivity index (χ0) is 10.2. The van der Waals surface area contributed by atoms with Gasteiger partial charge in [-0.1, -0.05) is 13.3 Å². The van der Waals surface area contributed by atoms with E-state index in [0.717, 1.165) is 12.8 Å². The lowest BCUT2D eigenvalue weighted by atomic mass is 10.4. The molecule has 6 nitrogen and oxygen atoms in total. The molecule has 1 aromatic heterocycles. The van der Waals surface area contributed by atoms with E-state index in [2.05, 4.69) is 20.3 Å². The Balaban J connectivity index is 2.27. The number of amides is 1. The monoisotopic (exact) mass is 196 g/mol. The van der Waals surface area contributed by atoms with Crippen molar-refractivity contribution in [1.82, 2.24) is 15.0 Å². The molecule has 1 aromatic rings. The van der Waals surface area contributed by atoms with E-state index in [1.807, 2.05) is 6.92 Å². The second-order valence-corrected chi connectivity index (χ2v) is 2.58. The molecule has 1 heterocycles. The minimum atomic E-state index is -0.537. The molecule has 0 fully saturated rings. The minimum Gasteiger partial charge on any atom is -0.449 e. The maximum Gasteiger partial charge on any atom is 0.414 e. The van der Waals surface area contributed by atoms with Crippen LogP contribution in [-0.2, 0) is 4.74 Å². The van der Waals surface area contributed by atoms with E-state index < -0.39 is 6.09 Å². The van der Waals surface area contributed by atoms with Crippen LogP contribution in [0.25, 0.3) is 0 Å². The molecule has 6 heteroatoms. The van der Waals surface area contributed by atoms with Crippen molar-refractivity contribution in [1.29, 1.82) is 0 Å². The fourth-order valence-electron chi connectivity index (χ4n) is 0.740. The van der Waals surface area contributed by atoms with Crippen LogP contribution in [0, 0.1) is 0 Å². The average Bonchev–Trinajstić information content (AvgIpc) is 2.20. The van der Waals surface area contributed by atoms with Crippen LogP contribution in [0.5, 0.6) is 0 Å². The molecule has 0 atom stereocenters. The molecule has 0 saturated carbocycles. The van der Waals surface area contributed by atoms with Crippen LogP contribution in [0.2, 0.25) is 0 Å². The van der Waals surface area contributed by atoms with E-state index in [9.17, 15) is 4.79 Å². The van der Waals surface area contributed by atoms with Crippen molar-refractivity contribution in [3.05, 3.63) is 12.7 Å². The summed E-state index contributed by atoms with van der Waals surface area (Å²) in [6.45, 7) is 2.43.